The van der Waals surface area contributed by atoms with Gasteiger partial charge in [0.15, 0.2) is 0 Å². The second kappa shape index (κ2) is 7.49. The van der Waals surface area contributed by atoms with Crippen LogP contribution in [-0.4, -0.2) is 40.7 Å². The Labute approximate surface area is 162 Å². The number of nitrogens with zero attached hydrogens (tertiary/aromatic N) is 2. The smallest absolute Gasteiger partial charge is 0.278 e. The molecule has 1 saturated carbocycles. The van der Waals surface area contributed by atoms with Crippen LogP contribution < -0.4 is 0 Å². The molecule has 2 fully saturated rings. The summed E-state index contributed by atoms with van der Waals surface area (Å²) in [5, 5.41) is 0. The minimum atomic E-state index is -0.0843. The maximum absolute atomic E-state index is 13.5. The summed E-state index contributed by atoms with van der Waals surface area (Å²) in [4.78, 5) is 30.8. The Balaban J connectivity index is 1.75. The highest BCUT2D eigenvalue weighted by Gasteiger charge is 2.45. The first-order chi connectivity index (χ1) is 13.1. The minimum absolute atomic E-state index is 0.0629. The number of likely N-dealkylation sites (tertiary alicyclic amines) is 1. The molecule has 4 nitrogen and oxygen atoms in total. The average Bonchev–Trinajstić information content (AvgIpc) is 2.93. The zero-order valence-electron chi connectivity index (χ0n) is 16.5. The number of rotatable bonds is 3. The van der Waals surface area contributed by atoms with E-state index in [1.54, 1.807) is 4.90 Å². The number of amides is 2. The van der Waals surface area contributed by atoms with Crippen LogP contribution in [0.4, 0.5) is 0 Å². The third kappa shape index (κ3) is 3.42. The van der Waals surface area contributed by atoms with Crippen molar-refractivity contribution in [3.05, 3.63) is 41.6 Å². The van der Waals surface area contributed by atoms with Gasteiger partial charge in [0.1, 0.15) is 5.70 Å². The van der Waals surface area contributed by atoms with Crippen molar-refractivity contribution < 1.29 is 9.59 Å². The molecule has 0 bridgehead atoms. The Morgan fingerprint density at radius 1 is 0.852 bits per heavy atom. The summed E-state index contributed by atoms with van der Waals surface area (Å²) in [7, 11) is 0. The first-order valence-corrected chi connectivity index (χ1v) is 10.5. The molecule has 3 aliphatic rings. The Morgan fingerprint density at radius 3 is 2.11 bits per heavy atom. The van der Waals surface area contributed by atoms with E-state index in [0.29, 0.717) is 23.1 Å². The van der Waals surface area contributed by atoms with Crippen LogP contribution in [0.2, 0.25) is 0 Å². The quantitative estimate of drug-likeness (QED) is 0.757. The van der Waals surface area contributed by atoms with Gasteiger partial charge in [-0.25, -0.2) is 0 Å². The number of piperidine rings is 1. The molecule has 4 rings (SSSR count). The summed E-state index contributed by atoms with van der Waals surface area (Å²) in [6.45, 7) is 6.19. The van der Waals surface area contributed by atoms with Crippen molar-refractivity contribution in [3.63, 3.8) is 0 Å². The molecule has 0 radical (unpaired) electrons. The number of hydrogen-bond donors (Lipinski definition) is 0. The second-order valence-corrected chi connectivity index (χ2v) is 8.71. The molecule has 144 valence electrons. The number of hydrogen-bond acceptors (Lipinski definition) is 3. The van der Waals surface area contributed by atoms with Crippen molar-refractivity contribution in [2.75, 3.05) is 13.1 Å². The second-order valence-electron chi connectivity index (χ2n) is 8.71. The van der Waals surface area contributed by atoms with Crippen LogP contribution in [0, 0.1) is 11.8 Å². The van der Waals surface area contributed by atoms with Gasteiger partial charge in [-0.3, -0.25) is 14.5 Å². The van der Waals surface area contributed by atoms with Gasteiger partial charge < -0.3 is 4.90 Å². The van der Waals surface area contributed by atoms with Crippen molar-refractivity contribution >= 4 is 17.4 Å². The van der Waals surface area contributed by atoms with E-state index in [-0.39, 0.29) is 17.9 Å². The molecule has 1 aromatic rings. The fourth-order valence-electron chi connectivity index (χ4n) is 5.21. The fourth-order valence-corrected chi connectivity index (χ4v) is 5.21. The van der Waals surface area contributed by atoms with E-state index in [4.69, 9.17) is 0 Å². The summed E-state index contributed by atoms with van der Waals surface area (Å²) in [6.07, 6.45) is 6.49. The van der Waals surface area contributed by atoms with Gasteiger partial charge in [0.05, 0.1) is 5.57 Å². The van der Waals surface area contributed by atoms with Crippen molar-refractivity contribution in [1.29, 1.82) is 0 Å². The van der Waals surface area contributed by atoms with Crippen LogP contribution in [0.15, 0.2) is 36.0 Å². The van der Waals surface area contributed by atoms with Crippen molar-refractivity contribution in [2.24, 2.45) is 11.8 Å². The predicted octanol–water partition coefficient (Wildman–Crippen LogP) is 4.08. The van der Waals surface area contributed by atoms with Crippen molar-refractivity contribution in [1.82, 2.24) is 9.80 Å². The Kier molecular flexibility index (Phi) is 5.07. The minimum Gasteiger partial charge on any atom is -0.366 e. The van der Waals surface area contributed by atoms with Crippen LogP contribution in [0.3, 0.4) is 0 Å². The van der Waals surface area contributed by atoms with Gasteiger partial charge in [-0.2, -0.15) is 0 Å². The molecule has 4 heteroatoms. The molecule has 2 aliphatic heterocycles. The van der Waals surface area contributed by atoms with E-state index in [2.05, 4.69) is 18.7 Å². The van der Waals surface area contributed by atoms with Crippen LogP contribution in [0.5, 0.6) is 0 Å². The Bertz CT molecular complexity index is 739. The molecule has 0 aromatic heterocycles. The van der Waals surface area contributed by atoms with Gasteiger partial charge in [-0.15, -0.1) is 0 Å². The van der Waals surface area contributed by atoms with Gasteiger partial charge in [0.25, 0.3) is 11.8 Å². The molecule has 1 aliphatic carbocycles. The zero-order chi connectivity index (χ0) is 19.0. The fraction of sp³-hybridized carbons (Fsp3) is 0.565. The van der Waals surface area contributed by atoms with Gasteiger partial charge in [0.2, 0.25) is 0 Å². The first kappa shape index (κ1) is 18.3. The largest absolute Gasteiger partial charge is 0.366 e. The molecule has 1 aromatic carbocycles. The van der Waals surface area contributed by atoms with Crippen LogP contribution >= 0.6 is 0 Å². The SMILES string of the molecule is CC1CC(C)CN(C2=C(c3ccccc3)C(=O)N(C3CCCCC3)C2=O)C1. The average molecular weight is 367 g/mol. The molecule has 0 N–H and O–H groups in total. The number of benzene rings is 1. The molecule has 1 saturated heterocycles. The van der Waals surface area contributed by atoms with E-state index in [9.17, 15) is 9.59 Å². The monoisotopic (exact) mass is 366 g/mol. The lowest BCUT2D eigenvalue weighted by Gasteiger charge is -2.37. The van der Waals surface area contributed by atoms with E-state index in [1.807, 2.05) is 30.3 Å². The maximum Gasteiger partial charge on any atom is 0.278 e. The van der Waals surface area contributed by atoms with E-state index in [0.717, 1.165) is 44.3 Å². The molecule has 2 unspecified atom stereocenters. The van der Waals surface area contributed by atoms with Crippen LogP contribution in [0.25, 0.3) is 5.57 Å². The van der Waals surface area contributed by atoms with Crippen LogP contribution in [-0.2, 0) is 9.59 Å². The summed E-state index contributed by atoms with van der Waals surface area (Å²) in [6, 6.07) is 9.83. The third-order valence-electron chi connectivity index (χ3n) is 6.28. The molecule has 2 atom stereocenters. The highest BCUT2D eigenvalue weighted by atomic mass is 16.2. The summed E-state index contributed by atoms with van der Waals surface area (Å²) < 4.78 is 0. The highest BCUT2D eigenvalue weighted by molar-refractivity contribution is 6.35. The number of carbonyl (C=O) groups excluding carboxylic acids is 2. The van der Waals surface area contributed by atoms with Gasteiger partial charge in [-0.05, 0) is 36.7 Å². The summed E-state index contributed by atoms with van der Waals surface area (Å²) in [5.41, 5.74) is 2.14. The predicted molar refractivity (Wildman–Crippen MR) is 107 cm³/mol. The van der Waals surface area contributed by atoms with Crippen LogP contribution in [0.1, 0.15) is 57.9 Å². The van der Waals surface area contributed by atoms with E-state index >= 15 is 0 Å². The van der Waals surface area contributed by atoms with Gasteiger partial charge >= 0.3 is 0 Å². The van der Waals surface area contributed by atoms with Crippen molar-refractivity contribution in [2.45, 2.75) is 58.4 Å². The Hall–Kier alpha value is -2.10. The van der Waals surface area contributed by atoms with Crippen molar-refractivity contribution in [3.8, 4) is 0 Å². The van der Waals surface area contributed by atoms with E-state index in [1.165, 1.54) is 12.8 Å². The zero-order valence-corrected chi connectivity index (χ0v) is 16.5. The Morgan fingerprint density at radius 2 is 1.48 bits per heavy atom. The number of carbonyl (C=O) groups is 2. The van der Waals surface area contributed by atoms with Gasteiger partial charge in [-0.1, -0.05) is 63.4 Å². The van der Waals surface area contributed by atoms with E-state index < -0.39 is 0 Å². The molecule has 0 spiro atoms. The maximum atomic E-state index is 13.5. The third-order valence-corrected chi connectivity index (χ3v) is 6.28. The summed E-state index contributed by atoms with van der Waals surface area (Å²) in [5.74, 6) is 0.917. The lowest BCUT2D eigenvalue weighted by Crippen LogP contribution is -2.45. The molecular weight excluding hydrogens is 336 g/mol. The molecule has 27 heavy (non-hydrogen) atoms. The van der Waals surface area contributed by atoms with Gasteiger partial charge in [0, 0.05) is 19.1 Å². The molecule has 2 amide bonds. The highest BCUT2D eigenvalue weighted by Crippen LogP contribution is 2.38. The number of imide groups is 1. The normalized spacial score (nSPS) is 27.6. The molecule has 2 heterocycles. The topological polar surface area (TPSA) is 40.6 Å². The lowest BCUT2D eigenvalue weighted by molar-refractivity contribution is -0.141. The lowest BCUT2D eigenvalue weighted by atomic mass is 9.91. The first-order valence-electron chi connectivity index (χ1n) is 10.5. The summed E-state index contributed by atoms with van der Waals surface area (Å²) >= 11 is 0. The molecular formula is C23H30N2O2. The standard InChI is InChI=1S/C23H30N2O2/c1-16-13-17(2)15-24(14-16)21-20(18-9-5-3-6-10-18)22(26)25(23(21)27)19-11-7-4-8-12-19/h3,5-6,9-10,16-17,19H,4,7-8,11-15H2,1-2H3.